The standard InChI is InChI=1S/C15H26IN3O/c1-7-9-17-13-11(16)10(8-2)18-14(19-13)12(20-6)15(3,4)5/h12H,7-9H2,1-6H3,(H,17,18,19). The van der Waals surface area contributed by atoms with Gasteiger partial charge in [-0.2, -0.15) is 0 Å². The molecule has 0 spiro atoms. The van der Waals surface area contributed by atoms with Crippen molar-refractivity contribution in [2.75, 3.05) is 19.0 Å². The van der Waals surface area contributed by atoms with Crippen molar-refractivity contribution < 1.29 is 4.74 Å². The highest BCUT2D eigenvalue weighted by Crippen LogP contribution is 2.35. The minimum absolute atomic E-state index is 0.0332. The number of hydrogen-bond donors (Lipinski definition) is 1. The third-order valence-electron chi connectivity index (χ3n) is 3.07. The van der Waals surface area contributed by atoms with E-state index in [1.54, 1.807) is 7.11 Å². The molecule has 0 aliphatic rings. The van der Waals surface area contributed by atoms with Gasteiger partial charge in [-0.3, -0.25) is 0 Å². The van der Waals surface area contributed by atoms with Crippen molar-refractivity contribution in [3.63, 3.8) is 0 Å². The number of anilines is 1. The Kier molecular flexibility index (Phi) is 6.64. The fourth-order valence-corrected chi connectivity index (χ4v) is 2.88. The zero-order chi connectivity index (χ0) is 15.3. The Bertz CT molecular complexity index is 443. The molecular weight excluding hydrogens is 365 g/mol. The number of aromatic nitrogens is 2. The van der Waals surface area contributed by atoms with Crippen LogP contribution in [0.4, 0.5) is 5.82 Å². The summed E-state index contributed by atoms with van der Waals surface area (Å²) in [5, 5.41) is 3.39. The fraction of sp³-hybridized carbons (Fsp3) is 0.733. The van der Waals surface area contributed by atoms with Crippen LogP contribution in [-0.2, 0) is 11.2 Å². The van der Waals surface area contributed by atoms with E-state index in [4.69, 9.17) is 14.7 Å². The van der Waals surface area contributed by atoms with Gasteiger partial charge in [0.25, 0.3) is 0 Å². The average molecular weight is 391 g/mol. The molecule has 1 aromatic rings. The van der Waals surface area contributed by atoms with Crippen LogP contribution < -0.4 is 5.32 Å². The quantitative estimate of drug-likeness (QED) is 0.739. The molecule has 1 N–H and O–H groups in total. The van der Waals surface area contributed by atoms with Gasteiger partial charge in [-0.15, -0.1) is 0 Å². The van der Waals surface area contributed by atoms with Crippen molar-refractivity contribution in [3.8, 4) is 0 Å². The molecule has 0 aromatic carbocycles. The second-order valence-electron chi connectivity index (χ2n) is 5.95. The first-order valence-corrected chi connectivity index (χ1v) is 8.25. The van der Waals surface area contributed by atoms with E-state index in [0.717, 1.165) is 40.3 Å². The first-order valence-electron chi connectivity index (χ1n) is 7.18. The third-order valence-corrected chi connectivity index (χ3v) is 4.20. The van der Waals surface area contributed by atoms with Gasteiger partial charge in [-0.05, 0) is 40.8 Å². The lowest BCUT2D eigenvalue weighted by molar-refractivity contribution is 0.00859. The van der Waals surface area contributed by atoms with E-state index >= 15 is 0 Å². The lowest BCUT2D eigenvalue weighted by Crippen LogP contribution is -2.24. The highest BCUT2D eigenvalue weighted by Gasteiger charge is 2.30. The Labute approximate surface area is 136 Å². The molecule has 0 radical (unpaired) electrons. The summed E-state index contributed by atoms with van der Waals surface area (Å²) in [5.41, 5.74) is 1.05. The lowest BCUT2D eigenvalue weighted by Gasteiger charge is -2.28. The third kappa shape index (κ3) is 4.28. The summed E-state index contributed by atoms with van der Waals surface area (Å²) in [6.45, 7) is 11.6. The highest BCUT2D eigenvalue weighted by molar-refractivity contribution is 14.1. The topological polar surface area (TPSA) is 47.0 Å². The van der Waals surface area contributed by atoms with Gasteiger partial charge in [0, 0.05) is 13.7 Å². The van der Waals surface area contributed by atoms with Gasteiger partial charge in [0.2, 0.25) is 0 Å². The van der Waals surface area contributed by atoms with Crippen molar-refractivity contribution in [2.24, 2.45) is 5.41 Å². The van der Waals surface area contributed by atoms with Crippen LogP contribution in [0.3, 0.4) is 0 Å². The summed E-state index contributed by atoms with van der Waals surface area (Å²) in [7, 11) is 1.72. The van der Waals surface area contributed by atoms with E-state index in [1.807, 2.05) is 0 Å². The van der Waals surface area contributed by atoms with Gasteiger partial charge in [0.1, 0.15) is 11.9 Å². The molecule has 1 aromatic heterocycles. The molecule has 0 saturated carbocycles. The van der Waals surface area contributed by atoms with E-state index in [-0.39, 0.29) is 11.5 Å². The van der Waals surface area contributed by atoms with Crippen LogP contribution in [0.1, 0.15) is 58.7 Å². The molecule has 1 atom stereocenters. The SMILES string of the molecule is CCCNc1nc(C(OC)C(C)(C)C)nc(CC)c1I. The van der Waals surface area contributed by atoms with Crippen molar-refractivity contribution in [1.82, 2.24) is 9.97 Å². The molecular formula is C15H26IN3O. The predicted molar refractivity (Wildman–Crippen MR) is 92.1 cm³/mol. The van der Waals surface area contributed by atoms with Gasteiger partial charge in [0.15, 0.2) is 5.82 Å². The van der Waals surface area contributed by atoms with E-state index in [2.05, 4.69) is 62.5 Å². The highest BCUT2D eigenvalue weighted by atomic mass is 127. The number of aryl methyl sites for hydroxylation is 1. The Balaban J connectivity index is 3.25. The Morgan fingerprint density at radius 3 is 2.35 bits per heavy atom. The maximum absolute atomic E-state index is 5.64. The molecule has 20 heavy (non-hydrogen) atoms. The van der Waals surface area contributed by atoms with Crippen LogP contribution >= 0.6 is 22.6 Å². The molecule has 1 unspecified atom stereocenters. The number of methoxy groups -OCH3 is 1. The Hall–Kier alpha value is -0.430. The summed E-state index contributed by atoms with van der Waals surface area (Å²) < 4.78 is 6.76. The molecule has 0 saturated heterocycles. The first-order chi connectivity index (χ1) is 9.35. The predicted octanol–water partition coefficient (Wildman–Crippen LogP) is 4.20. The average Bonchev–Trinajstić information content (AvgIpc) is 2.37. The van der Waals surface area contributed by atoms with E-state index in [1.165, 1.54) is 0 Å². The van der Waals surface area contributed by atoms with Gasteiger partial charge in [-0.1, -0.05) is 34.6 Å². The Morgan fingerprint density at radius 2 is 1.90 bits per heavy atom. The van der Waals surface area contributed by atoms with Gasteiger partial charge < -0.3 is 10.1 Å². The maximum Gasteiger partial charge on any atom is 0.160 e. The van der Waals surface area contributed by atoms with Crippen LogP contribution in [0.2, 0.25) is 0 Å². The van der Waals surface area contributed by atoms with Crippen molar-refractivity contribution in [3.05, 3.63) is 15.1 Å². The van der Waals surface area contributed by atoms with Crippen LogP contribution in [0.15, 0.2) is 0 Å². The summed E-state index contributed by atoms with van der Waals surface area (Å²) in [6.07, 6.45) is 1.87. The van der Waals surface area contributed by atoms with Gasteiger partial charge in [0.05, 0.1) is 9.26 Å². The molecule has 4 nitrogen and oxygen atoms in total. The zero-order valence-electron chi connectivity index (χ0n) is 13.4. The normalized spacial score (nSPS) is 13.3. The van der Waals surface area contributed by atoms with Crippen molar-refractivity contribution >= 4 is 28.4 Å². The monoisotopic (exact) mass is 391 g/mol. The maximum atomic E-state index is 5.64. The molecule has 114 valence electrons. The number of rotatable bonds is 6. The number of ether oxygens (including phenoxy) is 1. The summed E-state index contributed by atoms with van der Waals surface area (Å²) >= 11 is 2.33. The number of nitrogens with one attached hydrogen (secondary N) is 1. The Morgan fingerprint density at radius 1 is 1.25 bits per heavy atom. The van der Waals surface area contributed by atoms with E-state index in [9.17, 15) is 0 Å². The minimum atomic E-state index is -0.105. The minimum Gasteiger partial charge on any atom is -0.373 e. The summed E-state index contributed by atoms with van der Waals surface area (Å²) in [5.74, 6) is 1.71. The second kappa shape index (κ2) is 7.54. The van der Waals surface area contributed by atoms with Crippen LogP contribution in [0, 0.1) is 8.99 Å². The smallest absolute Gasteiger partial charge is 0.160 e. The molecule has 0 amide bonds. The number of halogens is 1. The summed E-state index contributed by atoms with van der Waals surface area (Å²) in [6, 6.07) is 0. The first kappa shape index (κ1) is 17.6. The zero-order valence-corrected chi connectivity index (χ0v) is 15.5. The molecule has 0 aliphatic carbocycles. The van der Waals surface area contributed by atoms with E-state index < -0.39 is 0 Å². The van der Waals surface area contributed by atoms with E-state index in [0.29, 0.717) is 0 Å². The second-order valence-corrected chi connectivity index (χ2v) is 7.03. The fourth-order valence-electron chi connectivity index (χ4n) is 2.07. The van der Waals surface area contributed by atoms with Gasteiger partial charge in [-0.25, -0.2) is 9.97 Å². The molecule has 1 rings (SSSR count). The molecule has 1 heterocycles. The number of hydrogen-bond acceptors (Lipinski definition) is 4. The molecule has 0 bridgehead atoms. The van der Waals surface area contributed by atoms with Crippen molar-refractivity contribution in [1.29, 1.82) is 0 Å². The van der Waals surface area contributed by atoms with Crippen LogP contribution in [-0.4, -0.2) is 23.6 Å². The number of nitrogens with zero attached hydrogens (tertiary/aromatic N) is 2. The van der Waals surface area contributed by atoms with Crippen LogP contribution in [0.5, 0.6) is 0 Å². The van der Waals surface area contributed by atoms with Crippen LogP contribution in [0.25, 0.3) is 0 Å². The lowest BCUT2D eigenvalue weighted by atomic mass is 9.88. The summed E-state index contributed by atoms with van der Waals surface area (Å²) in [4.78, 5) is 9.41. The molecule has 5 heteroatoms. The molecule has 0 aliphatic heterocycles. The largest absolute Gasteiger partial charge is 0.373 e. The van der Waals surface area contributed by atoms with Crippen molar-refractivity contribution in [2.45, 2.75) is 53.6 Å². The van der Waals surface area contributed by atoms with Gasteiger partial charge >= 0.3 is 0 Å². The molecule has 0 fully saturated rings.